The van der Waals surface area contributed by atoms with Gasteiger partial charge in [-0.1, -0.05) is 6.92 Å². The summed E-state index contributed by atoms with van der Waals surface area (Å²) in [6.45, 7) is 7.53. The van der Waals surface area contributed by atoms with Crippen LogP contribution in [0.2, 0.25) is 0 Å². The Balaban J connectivity index is 2.32. The van der Waals surface area contributed by atoms with Crippen LogP contribution in [0.3, 0.4) is 0 Å². The second-order valence-electron chi connectivity index (χ2n) is 4.87. The first-order valence-corrected chi connectivity index (χ1v) is 7.97. The van der Waals surface area contributed by atoms with Gasteiger partial charge in [0.2, 0.25) is 5.09 Å². The zero-order chi connectivity index (χ0) is 14.9. The molecule has 0 aliphatic rings. The molecule has 0 bridgehead atoms. The maximum Gasteiger partial charge on any atom is 0.274 e. The quantitative estimate of drug-likeness (QED) is 0.886. The molecule has 2 rings (SSSR count). The van der Waals surface area contributed by atoms with Gasteiger partial charge in [-0.25, -0.2) is 13.1 Å². The van der Waals surface area contributed by atoms with Crippen molar-refractivity contribution in [3.05, 3.63) is 23.4 Å². The SMILES string of the molecule is CCC(C)NS(=O)(=O)c1ccc(-c2n[nH]c(C)c2C)o1. The van der Waals surface area contributed by atoms with E-state index in [4.69, 9.17) is 4.42 Å². The summed E-state index contributed by atoms with van der Waals surface area (Å²) in [7, 11) is -3.62. The summed E-state index contributed by atoms with van der Waals surface area (Å²) < 4.78 is 32.2. The minimum atomic E-state index is -3.62. The van der Waals surface area contributed by atoms with Gasteiger partial charge in [0, 0.05) is 17.3 Å². The molecule has 0 aliphatic carbocycles. The summed E-state index contributed by atoms with van der Waals surface area (Å²) in [6, 6.07) is 2.93. The minimum absolute atomic E-state index is 0.0900. The third kappa shape index (κ3) is 2.78. The zero-order valence-electron chi connectivity index (χ0n) is 12.0. The third-order valence-electron chi connectivity index (χ3n) is 3.30. The number of furan rings is 1. The van der Waals surface area contributed by atoms with Crippen molar-refractivity contribution in [3.63, 3.8) is 0 Å². The van der Waals surface area contributed by atoms with Crippen LogP contribution in [0.15, 0.2) is 21.6 Å². The Bertz CT molecular complexity index is 700. The molecule has 7 heteroatoms. The fourth-order valence-electron chi connectivity index (χ4n) is 1.72. The lowest BCUT2D eigenvalue weighted by atomic mass is 10.2. The number of nitrogens with one attached hydrogen (secondary N) is 2. The summed E-state index contributed by atoms with van der Waals surface area (Å²) in [4.78, 5) is 0. The van der Waals surface area contributed by atoms with E-state index in [2.05, 4.69) is 14.9 Å². The second kappa shape index (κ2) is 5.41. The Labute approximate surface area is 118 Å². The van der Waals surface area contributed by atoms with Crippen molar-refractivity contribution in [2.75, 3.05) is 0 Å². The van der Waals surface area contributed by atoms with Crippen molar-refractivity contribution in [2.45, 2.75) is 45.2 Å². The molecule has 0 aliphatic heterocycles. The molecule has 0 radical (unpaired) electrons. The number of H-pyrrole nitrogens is 1. The Hall–Kier alpha value is -1.60. The van der Waals surface area contributed by atoms with Gasteiger partial charge in [-0.2, -0.15) is 5.10 Å². The molecule has 6 nitrogen and oxygen atoms in total. The summed E-state index contributed by atoms with van der Waals surface area (Å²) in [6.07, 6.45) is 0.713. The van der Waals surface area contributed by atoms with E-state index >= 15 is 0 Å². The highest BCUT2D eigenvalue weighted by Gasteiger charge is 2.22. The summed E-state index contributed by atoms with van der Waals surface area (Å²) >= 11 is 0. The average Bonchev–Trinajstić information content (AvgIpc) is 2.98. The monoisotopic (exact) mass is 297 g/mol. The van der Waals surface area contributed by atoms with Crippen LogP contribution >= 0.6 is 0 Å². The molecule has 110 valence electrons. The Morgan fingerprint density at radius 2 is 2.10 bits per heavy atom. The Morgan fingerprint density at radius 1 is 1.40 bits per heavy atom. The molecular weight excluding hydrogens is 278 g/mol. The van der Waals surface area contributed by atoms with E-state index in [1.807, 2.05) is 27.7 Å². The molecule has 0 saturated carbocycles. The number of aromatic amines is 1. The van der Waals surface area contributed by atoms with Crippen LogP contribution in [0.4, 0.5) is 0 Å². The van der Waals surface area contributed by atoms with Crippen molar-refractivity contribution < 1.29 is 12.8 Å². The van der Waals surface area contributed by atoms with Crippen LogP contribution in [-0.2, 0) is 10.0 Å². The van der Waals surface area contributed by atoms with E-state index in [0.717, 1.165) is 11.3 Å². The molecule has 1 unspecified atom stereocenters. The topological polar surface area (TPSA) is 88.0 Å². The van der Waals surface area contributed by atoms with Gasteiger partial charge < -0.3 is 4.42 Å². The molecule has 2 heterocycles. The average molecular weight is 297 g/mol. The molecule has 2 aromatic heterocycles. The number of aryl methyl sites for hydroxylation is 1. The first-order chi connectivity index (χ1) is 9.35. The number of hydrogen-bond donors (Lipinski definition) is 2. The van der Waals surface area contributed by atoms with Crippen molar-refractivity contribution in [1.82, 2.24) is 14.9 Å². The third-order valence-corrected chi connectivity index (χ3v) is 4.76. The van der Waals surface area contributed by atoms with Crippen LogP contribution in [-0.4, -0.2) is 24.7 Å². The molecule has 1 atom stereocenters. The second-order valence-corrected chi connectivity index (χ2v) is 6.52. The van der Waals surface area contributed by atoms with Crippen molar-refractivity contribution in [2.24, 2.45) is 0 Å². The van der Waals surface area contributed by atoms with Gasteiger partial charge in [0.05, 0.1) is 0 Å². The lowest BCUT2D eigenvalue weighted by Crippen LogP contribution is -2.31. The lowest BCUT2D eigenvalue weighted by Gasteiger charge is -2.09. The largest absolute Gasteiger partial charge is 0.442 e. The van der Waals surface area contributed by atoms with Gasteiger partial charge >= 0.3 is 0 Å². The van der Waals surface area contributed by atoms with Crippen molar-refractivity contribution in [3.8, 4) is 11.5 Å². The minimum Gasteiger partial charge on any atom is -0.442 e. The molecule has 0 saturated heterocycles. The Kier molecular flexibility index (Phi) is 4.01. The van der Waals surface area contributed by atoms with E-state index < -0.39 is 10.0 Å². The molecule has 0 aromatic carbocycles. The highest BCUT2D eigenvalue weighted by Crippen LogP contribution is 2.26. The van der Waals surface area contributed by atoms with Crippen LogP contribution in [0, 0.1) is 13.8 Å². The lowest BCUT2D eigenvalue weighted by molar-refractivity contribution is 0.450. The van der Waals surface area contributed by atoms with E-state index in [1.165, 1.54) is 6.07 Å². The highest BCUT2D eigenvalue weighted by molar-refractivity contribution is 7.89. The van der Waals surface area contributed by atoms with Crippen molar-refractivity contribution >= 4 is 10.0 Å². The van der Waals surface area contributed by atoms with E-state index in [9.17, 15) is 8.42 Å². The van der Waals surface area contributed by atoms with Gasteiger partial charge in [0.1, 0.15) is 5.69 Å². The van der Waals surface area contributed by atoms with Crippen LogP contribution in [0.25, 0.3) is 11.5 Å². The summed E-state index contributed by atoms with van der Waals surface area (Å²) in [5.41, 5.74) is 2.50. The zero-order valence-corrected chi connectivity index (χ0v) is 12.8. The summed E-state index contributed by atoms with van der Waals surface area (Å²) in [5.74, 6) is 0.441. The number of hydrogen-bond acceptors (Lipinski definition) is 4. The van der Waals surface area contributed by atoms with Crippen LogP contribution in [0.1, 0.15) is 31.5 Å². The van der Waals surface area contributed by atoms with Crippen LogP contribution < -0.4 is 4.72 Å². The Morgan fingerprint density at radius 3 is 2.65 bits per heavy atom. The fraction of sp³-hybridized carbons (Fsp3) is 0.462. The number of aromatic nitrogens is 2. The van der Waals surface area contributed by atoms with Crippen molar-refractivity contribution in [1.29, 1.82) is 0 Å². The van der Waals surface area contributed by atoms with Gasteiger partial charge in [-0.3, -0.25) is 5.10 Å². The van der Waals surface area contributed by atoms with Gasteiger partial charge in [0.15, 0.2) is 5.76 Å². The predicted molar refractivity (Wildman–Crippen MR) is 75.8 cm³/mol. The normalized spacial score (nSPS) is 13.6. The molecule has 20 heavy (non-hydrogen) atoms. The predicted octanol–water partition coefficient (Wildman–Crippen LogP) is 2.36. The van der Waals surface area contributed by atoms with E-state index in [1.54, 1.807) is 6.07 Å². The highest BCUT2D eigenvalue weighted by atomic mass is 32.2. The fourth-order valence-corrected chi connectivity index (χ4v) is 2.98. The first kappa shape index (κ1) is 14.8. The van der Waals surface area contributed by atoms with E-state index in [-0.39, 0.29) is 11.1 Å². The molecule has 0 amide bonds. The van der Waals surface area contributed by atoms with Gasteiger partial charge in [-0.05, 0) is 39.3 Å². The van der Waals surface area contributed by atoms with E-state index in [0.29, 0.717) is 17.9 Å². The molecule has 0 spiro atoms. The van der Waals surface area contributed by atoms with Gasteiger partial charge in [0.25, 0.3) is 10.0 Å². The molecule has 2 aromatic rings. The maximum absolute atomic E-state index is 12.1. The smallest absolute Gasteiger partial charge is 0.274 e. The number of rotatable bonds is 5. The number of nitrogens with zero attached hydrogens (tertiary/aromatic N) is 1. The number of sulfonamides is 1. The first-order valence-electron chi connectivity index (χ1n) is 6.49. The maximum atomic E-state index is 12.1. The van der Waals surface area contributed by atoms with Gasteiger partial charge in [-0.15, -0.1) is 0 Å². The molecule has 0 fully saturated rings. The molecule has 2 N–H and O–H groups in total. The molecular formula is C13H19N3O3S. The van der Waals surface area contributed by atoms with Crippen LogP contribution in [0.5, 0.6) is 0 Å². The standard InChI is InChI=1S/C13H19N3O3S/c1-5-8(2)16-20(17,18)12-7-6-11(19-12)13-9(3)10(4)14-15-13/h6-8,16H,5H2,1-4H3,(H,14,15). The summed E-state index contributed by atoms with van der Waals surface area (Å²) in [5, 5.41) is 6.88.